The molecule has 5 aromatic rings. The van der Waals surface area contributed by atoms with E-state index in [4.69, 9.17) is 89.6 Å². The second-order valence-corrected chi connectivity index (χ2v) is 58.9. The zero-order valence-corrected chi connectivity index (χ0v) is 72.8. The minimum absolute atomic E-state index is 0. The molecule has 9 rings (SSSR count). The molecule has 2 saturated heterocycles. The molecule has 96 heavy (non-hydrogen) atoms. The molecule has 5 atom stereocenters. The third kappa shape index (κ3) is 38.5. The average molecular weight is 1700 g/mol. The Bertz CT molecular complexity index is 3160. The Labute approximate surface area is 633 Å². The van der Waals surface area contributed by atoms with Crippen molar-refractivity contribution in [3.05, 3.63) is 149 Å². The number of hydrogen-bond donors (Lipinski definition) is 5. The number of rotatable bonds is 19. The zero-order valence-electron chi connectivity index (χ0n) is 54.8. The van der Waals surface area contributed by atoms with Crippen molar-refractivity contribution in [3.8, 4) is 0 Å². The van der Waals surface area contributed by atoms with Crippen molar-refractivity contribution in [1.29, 1.82) is 5.16 Å². The summed E-state index contributed by atoms with van der Waals surface area (Å²) in [6, 6.07) is 42.2. The molecule has 17 nitrogen and oxygen atoms in total. The molecular weight excluding hydrogens is 1610 g/mol. The Kier molecular flexibility index (Phi) is 47.2. The van der Waals surface area contributed by atoms with Crippen LogP contribution in [0.15, 0.2) is 159 Å². The molecule has 0 saturated carbocycles. The van der Waals surface area contributed by atoms with E-state index in [-0.39, 0.29) is 24.8 Å². The Hall–Kier alpha value is 0.540. The smallest absolute Gasteiger partial charge is 0.205 e. The van der Waals surface area contributed by atoms with Gasteiger partial charge in [0.25, 0.3) is 7.51 Å². The van der Waals surface area contributed by atoms with Crippen LogP contribution >= 0.6 is 164 Å². The monoisotopic (exact) mass is 1700 g/mol. The maximum atomic E-state index is 7.05. The minimum Gasteiger partial charge on any atom is -1.00 e. The largest absolute Gasteiger partial charge is 1.00 e. The van der Waals surface area contributed by atoms with Crippen LogP contribution in [0.4, 0.5) is 0 Å². The molecule has 536 valence electrons. The molecule has 0 amide bonds. The van der Waals surface area contributed by atoms with Crippen molar-refractivity contribution < 1.29 is 24.8 Å². The third-order valence-corrected chi connectivity index (χ3v) is 26.4. The molecule has 0 radical (unpaired) electrons. The second kappa shape index (κ2) is 47.9. The van der Waals surface area contributed by atoms with Crippen LogP contribution in [0.3, 0.4) is 0 Å². The first kappa shape index (κ1) is 94.6. The molecule has 0 bridgehead atoms. The fraction of sp³-hybridized carbons (Fsp3) is 0.390. The Morgan fingerprint density at radius 2 is 0.833 bits per heavy atom. The first-order valence-electron chi connectivity index (χ1n) is 29.8. The molecule has 5 unspecified atom stereocenters. The minimum atomic E-state index is -3.69. The molecule has 37 heteroatoms. The van der Waals surface area contributed by atoms with Gasteiger partial charge in [-0.25, -0.2) is 23.6 Å². The molecule has 4 aliphatic heterocycles. The van der Waals surface area contributed by atoms with Gasteiger partial charge < -0.3 is 41.0 Å². The fourth-order valence-corrected chi connectivity index (χ4v) is 18.5. The van der Waals surface area contributed by atoms with Crippen molar-refractivity contribution in [1.82, 2.24) is 34.2 Å². The number of nitrogens with two attached hydrogens (primary N) is 1. The zero-order chi connectivity index (χ0) is 70.1. The maximum Gasteiger partial charge on any atom is 0.205 e. The summed E-state index contributed by atoms with van der Waals surface area (Å²) in [6.45, 7) is 41.3. The number of benzene rings is 5. The van der Waals surface area contributed by atoms with E-state index in [0.29, 0.717) is 0 Å². The first-order valence-corrected chi connectivity index (χ1v) is 51.0. The molecule has 6 N–H and O–H groups in total. The van der Waals surface area contributed by atoms with E-state index in [2.05, 4.69) is 280 Å². The Balaban J connectivity index is 0.000000576. The number of hydrogen-bond acceptors (Lipinski definition) is 17. The first-order chi connectivity index (χ1) is 44.2. The van der Waals surface area contributed by atoms with E-state index in [1.165, 1.54) is 54.3 Å². The van der Waals surface area contributed by atoms with E-state index < -0.39 is 39.6 Å². The topological polar surface area (TPSA) is 198 Å². The van der Waals surface area contributed by atoms with Crippen molar-refractivity contribution in [2.24, 2.45) is 43.8 Å². The fourth-order valence-electron chi connectivity index (χ4n) is 8.88. The Morgan fingerprint density at radius 3 is 1.15 bits per heavy atom. The van der Waals surface area contributed by atoms with E-state index >= 15 is 0 Å². The van der Waals surface area contributed by atoms with Gasteiger partial charge in [0.2, 0.25) is 5.91 Å². The molecular formula is C59H97Cl9N17P11. The van der Waals surface area contributed by atoms with Gasteiger partial charge in [0.05, 0.1) is 13.1 Å². The number of nitrogens with one attached hydrogen (secondary N) is 4. The van der Waals surface area contributed by atoms with Crippen LogP contribution in [-0.4, -0.2) is 144 Å². The normalized spacial score (nSPS) is 17.4. The van der Waals surface area contributed by atoms with Gasteiger partial charge in [-0.2, -0.15) is 0 Å². The molecule has 5 aromatic carbocycles. The van der Waals surface area contributed by atoms with Crippen molar-refractivity contribution in [2.75, 3.05) is 85.4 Å². The van der Waals surface area contributed by atoms with E-state index in [9.17, 15) is 0 Å². The van der Waals surface area contributed by atoms with Crippen molar-refractivity contribution in [3.63, 3.8) is 0 Å². The molecule has 0 aliphatic carbocycles. The van der Waals surface area contributed by atoms with Gasteiger partial charge in [-0.15, -0.1) is 65.7 Å². The van der Waals surface area contributed by atoms with E-state index in [0.717, 1.165) is 130 Å². The predicted molar refractivity (Wildman–Crippen MR) is 455 cm³/mol. The third-order valence-electron chi connectivity index (χ3n) is 13.5. The SMILES string of the molecule is C=NP1(N=C)=NCCCN1Cc1ccc(P)cc1.C=N[P+]1(N=C)NCCCN1Cc1ccc(P)cc1.C=N[P+]1(N=C)NCCCN1Cc1ccc(P)cc1.CP(C)(C)=N.ClP(Cl)(Cl)(Cl)Cl.NCCCNCc1ccc(P)cc1.Pc1ccc(CN2CCCN=P2(Cl)Cl)cc1.[Cl-].[Cl-]. The molecule has 4 heterocycles. The van der Waals surface area contributed by atoms with Gasteiger partial charge in [-0.3, -0.25) is 4.74 Å². The van der Waals surface area contributed by atoms with Gasteiger partial charge in [0.15, 0.2) is 0 Å². The van der Waals surface area contributed by atoms with Gasteiger partial charge in [0.1, 0.15) is 0 Å². The molecule has 0 spiro atoms. The van der Waals surface area contributed by atoms with Crippen LogP contribution in [0.2, 0.25) is 0 Å². The second-order valence-electron chi connectivity index (χ2n) is 22.2. The van der Waals surface area contributed by atoms with Gasteiger partial charge in [-0.1, -0.05) is 140 Å². The van der Waals surface area contributed by atoms with Crippen LogP contribution in [0.25, 0.3) is 0 Å². The van der Waals surface area contributed by atoms with Crippen LogP contribution in [0.1, 0.15) is 59.9 Å². The summed E-state index contributed by atoms with van der Waals surface area (Å²) in [4.78, 5) is 0. The molecule has 4 aliphatic rings. The van der Waals surface area contributed by atoms with Crippen LogP contribution < -0.4 is 72.6 Å². The summed E-state index contributed by atoms with van der Waals surface area (Å²) < 4.78 is 39.4. The van der Waals surface area contributed by atoms with Crippen molar-refractivity contribution in [2.45, 2.75) is 64.8 Å². The quantitative estimate of drug-likeness (QED) is 0.0306. The standard InChI is InChI=1S/2C12H19N4P2.C12H18N4P2.C10H14Cl2N2P2.C10H17N2P.C3H10NP.Cl5P.2ClH/c3*1-13-18(14-2)15-8-3-9-16(18)10-11-4-6-12(17)7-5-11;11-16(12)13-6-1-7-14(16)8-9-2-4-10(15)5-3-9;11-6-1-7-12-8-9-2-4-10(13)5-3-9;1-5(2,3)4;1-6(2,3,4)5;;/h2*4-7,15H,1-3,8-10,17H2;4-7H,1-3,8-10,17H2;2-5H,1,6-8,15H2;2-5,12H,1,6-8,11,13H2;4H,1-3H3;;2*1H/q2*+1;;;;;;;/p-2. The summed E-state index contributed by atoms with van der Waals surface area (Å²) in [5, 5.41) is 23.1. The van der Waals surface area contributed by atoms with Crippen LogP contribution in [-0.2, 0) is 32.7 Å². The Morgan fingerprint density at radius 1 is 0.531 bits per heavy atom. The summed E-state index contributed by atoms with van der Waals surface area (Å²) >= 11 is 37.4. The van der Waals surface area contributed by atoms with Crippen molar-refractivity contribution >= 4 is 231 Å². The summed E-state index contributed by atoms with van der Waals surface area (Å²) in [6.07, 6.45) is 5.35. The molecule has 0 aromatic heterocycles. The van der Waals surface area contributed by atoms with Gasteiger partial charge >= 0.3 is 75.3 Å². The summed E-state index contributed by atoms with van der Waals surface area (Å²) in [5.74, 6) is -2.23. The number of nitrogens with zero attached hydrogens (tertiary/aromatic N) is 12. The summed E-state index contributed by atoms with van der Waals surface area (Å²) in [5.41, 5.74) is 11.7. The summed E-state index contributed by atoms with van der Waals surface area (Å²) in [7, 11) is 6.07. The average Bonchev–Trinajstić information content (AvgIpc) is 0.834. The van der Waals surface area contributed by atoms with Gasteiger partial charge in [-0.05, 0) is 162 Å². The van der Waals surface area contributed by atoms with Crippen LogP contribution in [0, 0.1) is 5.16 Å². The predicted octanol–water partition coefficient (Wildman–Crippen LogP) is 11.3. The van der Waals surface area contributed by atoms with E-state index in [1.54, 1.807) is 0 Å². The molecule has 2 fully saturated rings. The van der Waals surface area contributed by atoms with Crippen LogP contribution in [0.5, 0.6) is 0 Å². The van der Waals surface area contributed by atoms with Gasteiger partial charge in [0, 0.05) is 98.9 Å². The van der Waals surface area contributed by atoms with E-state index in [1.807, 2.05) is 20.0 Å². The maximum absolute atomic E-state index is 7.05. The number of halogens is 9.